The van der Waals surface area contributed by atoms with Crippen molar-refractivity contribution >= 4 is 5.69 Å². The van der Waals surface area contributed by atoms with E-state index in [0.717, 1.165) is 25.0 Å². The molecule has 1 saturated carbocycles. The van der Waals surface area contributed by atoms with Gasteiger partial charge in [0, 0.05) is 24.8 Å². The fraction of sp³-hybridized carbons (Fsp3) is 0.760. The Morgan fingerprint density at radius 2 is 1.43 bits per heavy atom. The van der Waals surface area contributed by atoms with Gasteiger partial charge in [-0.05, 0) is 82.0 Å². The summed E-state index contributed by atoms with van der Waals surface area (Å²) in [5.41, 5.74) is 3.18. The van der Waals surface area contributed by atoms with Crippen molar-refractivity contribution in [2.24, 2.45) is 11.3 Å². The third kappa shape index (κ3) is 4.74. The first-order valence-corrected chi connectivity index (χ1v) is 11.6. The first kappa shape index (κ1) is 20.2. The first-order valence-electron chi connectivity index (χ1n) is 11.6. The fourth-order valence-electron chi connectivity index (χ4n) is 5.36. The molecule has 0 atom stereocenters. The number of aryl methyl sites for hydroxylation is 1. The van der Waals surface area contributed by atoms with Gasteiger partial charge in [-0.15, -0.1) is 0 Å². The highest BCUT2D eigenvalue weighted by Crippen LogP contribution is 2.38. The van der Waals surface area contributed by atoms with E-state index in [1.807, 2.05) is 0 Å². The van der Waals surface area contributed by atoms with Gasteiger partial charge in [-0.2, -0.15) is 0 Å². The Morgan fingerprint density at radius 3 is 2.00 bits per heavy atom. The lowest BCUT2D eigenvalue weighted by atomic mass is 9.74. The molecule has 1 aromatic carbocycles. The van der Waals surface area contributed by atoms with Crippen LogP contribution in [-0.4, -0.2) is 49.3 Å². The fourth-order valence-corrected chi connectivity index (χ4v) is 5.36. The maximum atomic E-state index is 6.47. The molecule has 28 heavy (non-hydrogen) atoms. The van der Waals surface area contributed by atoms with E-state index in [1.54, 1.807) is 0 Å². The largest absolute Gasteiger partial charge is 0.375 e. The highest BCUT2D eigenvalue weighted by molar-refractivity contribution is 5.47. The van der Waals surface area contributed by atoms with Crippen LogP contribution >= 0.6 is 0 Å². The Kier molecular flexibility index (Phi) is 6.04. The van der Waals surface area contributed by atoms with Crippen molar-refractivity contribution in [2.45, 2.75) is 84.5 Å². The molecule has 156 valence electrons. The number of hydrogen-bond acceptors (Lipinski definition) is 3. The molecule has 2 saturated heterocycles. The molecule has 0 bridgehead atoms. The molecule has 3 heteroatoms. The molecule has 3 nitrogen and oxygen atoms in total. The zero-order valence-electron chi connectivity index (χ0n) is 18.5. The average Bonchev–Trinajstić information content (AvgIpc) is 2.65. The van der Waals surface area contributed by atoms with E-state index in [-0.39, 0.29) is 0 Å². The quantitative estimate of drug-likeness (QED) is 0.703. The van der Waals surface area contributed by atoms with Crippen LogP contribution in [0, 0.1) is 18.3 Å². The zero-order chi connectivity index (χ0) is 19.7. The van der Waals surface area contributed by atoms with Gasteiger partial charge in [0.25, 0.3) is 0 Å². The molecule has 0 aromatic heterocycles. The lowest BCUT2D eigenvalue weighted by Crippen LogP contribution is -2.52. The minimum absolute atomic E-state index is 0.472. The van der Waals surface area contributed by atoms with Gasteiger partial charge in [-0.1, -0.05) is 38.5 Å². The van der Waals surface area contributed by atoms with E-state index in [4.69, 9.17) is 4.74 Å². The van der Waals surface area contributed by atoms with Gasteiger partial charge in [-0.3, -0.25) is 0 Å². The van der Waals surface area contributed by atoms with Crippen LogP contribution in [0.15, 0.2) is 24.3 Å². The standard InChI is InChI=1S/C25H40N2O/c1-19-5-7-21(8-6-19)26-15-11-23(12-16-26)28-24-17-22(18-24)27-13-9-20(10-14-27)25(2,3)4/h5-8,20,22-24H,9-18H2,1-4H3. The summed E-state index contributed by atoms with van der Waals surface area (Å²) >= 11 is 0. The highest BCUT2D eigenvalue weighted by Gasteiger charge is 2.39. The smallest absolute Gasteiger partial charge is 0.0612 e. The van der Waals surface area contributed by atoms with Crippen molar-refractivity contribution in [3.63, 3.8) is 0 Å². The maximum absolute atomic E-state index is 6.47. The van der Waals surface area contributed by atoms with Crippen molar-refractivity contribution in [1.82, 2.24) is 4.90 Å². The van der Waals surface area contributed by atoms with Gasteiger partial charge in [0.1, 0.15) is 0 Å². The second-order valence-corrected chi connectivity index (χ2v) is 10.6. The number of rotatable bonds is 4. The predicted molar refractivity (Wildman–Crippen MR) is 118 cm³/mol. The van der Waals surface area contributed by atoms with Crippen molar-refractivity contribution in [3.8, 4) is 0 Å². The van der Waals surface area contributed by atoms with E-state index < -0.39 is 0 Å². The topological polar surface area (TPSA) is 15.7 Å². The SMILES string of the molecule is Cc1ccc(N2CCC(OC3CC(N4CCC(C(C)(C)C)CC4)C3)CC2)cc1. The summed E-state index contributed by atoms with van der Waals surface area (Å²) < 4.78 is 6.47. The highest BCUT2D eigenvalue weighted by atomic mass is 16.5. The number of hydrogen-bond donors (Lipinski definition) is 0. The molecular weight excluding hydrogens is 344 g/mol. The van der Waals surface area contributed by atoms with Crippen LogP contribution in [0.4, 0.5) is 5.69 Å². The van der Waals surface area contributed by atoms with Crippen LogP contribution in [0.25, 0.3) is 0 Å². The van der Waals surface area contributed by atoms with Crippen molar-refractivity contribution in [2.75, 3.05) is 31.1 Å². The number of likely N-dealkylation sites (tertiary alicyclic amines) is 1. The molecule has 2 aliphatic heterocycles. The van der Waals surface area contributed by atoms with Crippen LogP contribution in [0.1, 0.15) is 64.9 Å². The molecule has 0 spiro atoms. The second-order valence-electron chi connectivity index (χ2n) is 10.6. The number of anilines is 1. The van der Waals surface area contributed by atoms with Crippen molar-refractivity contribution < 1.29 is 4.74 Å². The monoisotopic (exact) mass is 384 g/mol. The van der Waals surface area contributed by atoms with Gasteiger partial charge in [-0.25, -0.2) is 0 Å². The van der Waals surface area contributed by atoms with Gasteiger partial charge < -0.3 is 14.5 Å². The molecule has 3 aliphatic rings. The molecule has 2 heterocycles. The zero-order valence-corrected chi connectivity index (χ0v) is 18.5. The molecule has 3 fully saturated rings. The Balaban J connectivity index is 1.15. The lowest BCUT2D eigenvalue weighted by Gasteiger charge is -2.48. The maximum Gasteiger partial charge on any atom is 0.0612 e. The molecule has 0 N–H and O–H groups in total. The van der Waals surface area contributed by atoms with E-state index in [0.29, 0.717) is 17.6 Å². The summed E-state index contributed by atoms with van der Waals surface area (Å²) in [4.78, 5) is 5.27. The predicted octanol–water partition coefficient (Wildman–Crippen LogP) is 5.27. The number of benzene rings is 1. The molecule has 1 aliphatic carbocycles. The molecule has 0 unspecified atom stereocenters. The van der Waals surface area contributed by atoms with E-state index >= 15 is 0 Å². The third-order valence-corrected chi connectivity index (χ3v) is 7.57. The lowest BCUT2D eigenvalue weighted by molar-refractivity contribution is -0.0995. The summed E-state index contributed by atoms with van der Waals surface area (Å²) in [7, 11) is 0. The normalized spacial score (nSPS) is 28.4. The summed E-state index contributed by atoms with van der Waals surface area (Å²) in [5, 5.41) is 0. The summed E-state index contributed by atoms with van der Waals surface area (Å²) in [6, 6.07) is 9.75. The summed E-state index contributed by atoms with van der Waals surface area (Å²) in [6.07, 6.45) is 8.61. The van der Waals surface area contributed by atoms with Crippen LogP contribution < -0.4 is 4.90 Å². The Morgan fingerprint density at radius 1 is 0.821 bits per heavy atom. The molecule has 4 rings (SSSR count). The van der Waals surface area contributed by atoms with Gasteiger partial charge in [0.2, 0.25) is 0 Å². The molecular formula is C25H40N2O. The Labute approximate surface area is 172 Å². The van der Waals surface area contributed by atoms with Crippen LogP contribution in [0.3, 0.4) is 0 Å². The van der Waals surface area contributed by atoms with Gasteiger partial charge in [0.05, 0.1) is 12.2 Å². The second kappa shape index (κ2) is 8.36. The Hall–Kier alpha value is -1.06. The van der Waals surface area contributed by atoms with Crippen LogP contribution in [0.5, 0.6) is 0 Å². The van der Waals surface area contributed by atoms with Gasteiger partial charge in [0.15, 0.2) is 0 Å². The minimum atomic E-state index is 0.472. The van der Waals surface area contributed by atoms with E-state index in [9.17, 15) is 0 Å². The summed E-state index contributed by atoms with van der Waals surface area (Å²) in [5.74, 6) is 0.898. The summed E-state index contributed by atoms with van der Waals surface area (Å²) in [6.45, 7) is 14.2. The van der Waals surface area contributed by atoms with E-state index in [1.165, 1.54) is 62.9 Å². The van der Waals surface area contributed by atoms with Crippen molar-refractivity contribution in [1.29, 1.82) is 0 Å². The van der Waals surface area contributed by atoms with Crippen LogP contribution in [0.2, 0.25) is 0 Å². The van der Waals surface area contributed by atoms with Gasteiger partial charge >= 0.3 is 0 Å². The van der Waals surface area contributed by atoms with Crippen LogP contribution in [-0.2, 0) is 4.74 Å². The Bertz CT molecular complexity index is 613. The molecule has 1 aromatic rings. The number of piperidine rings is 2. The number of ether oxygens (including phenoxy) is 1. The average molecular weight is 385 g/mol. The number of nitrogens with zero attached hydrogens (tertiary/aromatic N) is 2. The van der Waals surface area contributed by atoms with E-state index in [2.05, 4.69) is 61.8 Å². The third-order valence-electron chi connectivity index (χ3n) is 7.57. The molecule has 0 amide bonds. The van der Waals surface area contributed by atoms with Crippen molar-refractivity contribution in [3.05, 3.63) is 29.8 Å². The first-order chi connectivity index (χ1) is 13.4. The molecule has 0 radical (unpaired) electrons. The minimum Gasteiger partial charge on any atom is -0.375 e.